The molecule has 0 saturated heterocycles. The topological polar surface area (TPSA) is 30.5 Å². The van der Waals surface area contributed by atoms with Gasteiger partial charge < -0.3 is 14.8 Å². The smallest absolute Gasteiger partial charge is 0.166 e. The molecule has 0 amide bonds. The summed E-state index contributed by atoms with van der Waals surface area (Å²) in [6.45, 7) is 0.934. The molecule has 0 radical (unpaired) electrons. The van der Waals surface area contributed by atoms with E-state index < -0.39 is 0 Å². The molecular weight excluding hydrogens is 397 g/mol. The average Bonchev–Trinajstić information content (AvgIpc) is 2.67. The maximum atomic E-state index is 13.0. The van der Waals surface area contributed by atoms with Crippen molar-refractivity contribution in [1.82, 2.24) is 0 Å². The molecule has 0 spiro atoms. The molecule has 0 bridgehead atoms. The maximum absolute atomic E-state index is 13.0. The number of hydrogen-bond acceptors (Lipinski definition) is 3. The van der Waals surface area contributed by atoms with Gasteiger partial charge in [-0.25, -0.2) is 4.39 Å². The summed E-state index contributed by atoms with van der Waals surface area (Å²) in [5, 5.41) is 3.38. The van der Waals surface area contributed by atoms with Crippen LogP contribution in [0.4, 0.5) is 10.1 Å². The summed E-state index contributed by atoms with van der Waals surface area (Å²) in [4.78, 5) is 0. The van der Waals surface area contributed by atoms with Gasteiger partial charge in [0.15, 0.2) is 11.5 Å². The van der Waals surface area contributed by atoms with E-state index in [1.54, 1.807) is 19.2 Å². The van der Waals surface area contributed by atoms with Crippen LogP contribution in [0.25, 0.3) is 0 Å². The van der Waals surface area contributed by atoms with Crippen molar-refractivity contribution in [2.24, 2.45) is 0 Å². The molecule has 0 aliphatic rings. The molecule has 0 saturated carbocycles. The van der Waals surface area contributed by atoms with Crippen LogP contribution in [0.5, 0.6) is 11.5 Å². The molecule has 0 fully saturated rings. The summed E-state index contributed by atoms with van der Waals surface area (Å²) in [6, 6.07) is 20.1. The van der Waals surface area contributed by atoms with Crippen LogP contribution in [-0.4, -0.2) is 7.11 Å². The van der Waals surface area contributed by atoms with Crippen molar-refractivity contribution in [3.63, 3.8) is 0 Å². The number of anilines is 1. The van der Waals surface area contributed by atoms with E-state index in [0.717, 1.165) is 21.3 Å². The molecule has 0 aliphatic carbocycles. The lowest BCUT2D eigenvalue weighted by atomic mass is 10.1. The summed E-state index contributed by atoms with van der Waals surface area (Å²) in [5.41, 5.74) is 2.89. The van der Waals surface area contributed by atoms with Gasteiger partial charge in [-0.1, -0.05) is 40.2 Å². The van der Waals surface area contributed by atoms with Crippen LogP contribution in [0.2, 0.25) is 0 Å². The van der Waals surface area contributed by atoms with Gasteiger partial charge in [0, 0.05) is 22.3 Å². The first-order valence-corrected chi connectivity index (χ1v) is 8.97. The van der Waals surface area contributed by atoms with E-state index in [9.17, 15) is 4.39 Å². The molecule has 0 heterocycles. The van der Waals surface area contributed by atoms with Gasteiger partial charge in [0.05, 0.1) is 7.11 Å². The van der Waals surface area contributed by atoms with Crippen LogP contribution in [-0.2, 0) is 13.2 Å². The van der Waals surface area contributed by atoms with Crippen molar-refractivity contribution in [3.8, 4) is 11.5 Å². The van der Waals surface area contributed by atoms with Crippen molar-refractivity contribution in [2.45, 2.75) is 13.2 Å². The second-order valence-corrected chi connectivity index (χ2v) is 6.64. The van der Waals surface area contributed by atoms with Gasteiger partial charge in [-0.15, -0.1) is 0 Å². The number of halogens is 2. The van der Waals surface area contributed by atoms with Crippen molar-refractivity contribution in [3.05, 3.63) is 88.1 Å². The molecule has 5 heteroatoms. The minimum Gasteiger partial charge on any atom is -0.493 e. The first kappa shape index (κ1) is 18.3. The van der Waals surface area contributed by atoms with Crippen LogP contribution in [0, 0.1) is 5.82 Å². The van der Waals surface area contributed by atoms with Crippen LogP contribution in [0.3, 0.4) is 0 Å². The van der Waals surface area contributed by atoms with Crippen molar-refractivity contribution < 1.29 is 13.9 Å². The fourth-order valence-corrected chi connectivity index (χ4v) is 2.79. The van der Waals surface area contributed by atoms with Gasteiger partial charge in [0.1, 0.15) is 12.4 Å². The zero-order valence-electron chi connectivity index (χ0n) is 14.3. The molecule has 3 nitrogen and oxygen atoms in total. The highest BCUT2D eigenvalue weighted by molar-refractivity contribution is 9.10. The Kier molecular flexibility index (Phi) is 6.12. The Hall–Kier alpha value is -2.53. The fourth-order valence-electron chi connectivity index (χ4n) is 2.53. The van der Waals surface area contributed by atoms with Crippen LogP contribution >= 0.6 is 15.9 Å². The van der Waals surface area contributed by atoms with Gasteiger partial charge in [-0.3, -0.25) is 0 Å². The third-order valence-electron chi connectivity index (χ3n) is 3.90. The Bertz CT molecular complexity index is 851. The molecule has 3 rings (SSSR count). The van der Waals surface area contributed by atoms with E-state index in [-0.39, 0.29) is 5.82 Å². The van der Waals surface area contributed by atoms with E-state index in [1.807, 2.05) is 42.5 Å². The van der Waals surface area contributed by atoms with Gasteiger partial charge in [-0.2, -0.15) is 0 Å². The monoisotopic (exact) mass is 415 g/mol. The zero-order chi connectivity index (χ0) is 18.4. The van der Waals surface area contributed by atoms with Gasteiger partial charge >= 0.3 is 0 Å². The Labute approximate surface area is 160 Å². The highest BCUT2D eigenvalue weighted by Gasteiger charge is 2.11. The highest BCUT2D eigenvalue weighted by atomic mass is 79.9. The Morgan fingerprint density at radius 2 is 1.69 bits per heavy atom. The standard InChI is InChI=1S/C21H19BrFNO2/c1-25-20-4-2-3-16(13-24-19-11-7-17(22)8-12-19)21(20)26-14-15-5-9-18(23)10-6-15/h2-12,24H,13-14H2,1H3. The van der Waals surface area contributed by atoms with Crippen molar-refractivity contribution in [1.29, 1.82) is 0 Å². The lowest BCUT2D eigenvalue weighted by Crippen LogP contribution is -2.05. The minimum atomic E-state index is -0.259. The summed E-state index contributed by atoms with van der Waals surface area (Å²) >= 11 is 3.43. The Balaban J connectivity index is 1.74. The van der Waals surface area contributed by atoms with Crippen molar-refractivity contribution >= 4 is 21.6 Å². The van der Waals surface area contributed by atoms with Crippen LogP contribution < -0.4 is 14.8 Å². The molecule has 0 unspecified atom stereocenters. The number of methoxy groups -OCH3 is 1. The number of nitrogens with one attached hydrogen (secondary N) is 1. The van der Waals surface area contributed by atoms with E-state index >= 15 is 0 Å². The Morgan fingerprint density at radius 3 is 2.38 bits per heavy atom. The summed E-state index contributed by atoms with van der Waals surface area (Å²) in [6.07, 6.45) is 0. The molecular formula is C21H19BrFNO2. The average molecular weight is 416 g/mol. The second kappa shape index (κ2) is 8.72. The minimum absolute atomic E-state index is 0.259. The largest absolute Gasteiger partial charge is 0.493 e. The van der Waals surface area contributed by atoms with Crippen molar-refractivity contribution in [2.75, 3.05) is 12.4 Å². The lowest BCUT2D eigenvalue weighted by molar-refractivity contribution is 0.281. The van der Waals surface area contributed by atoms with Crippen LogP contribution in [0.1, 0.15) is 11.1 Å². The molecule has 0 atom stereocenters. The predicted octanol–water partition coefficient (Wildman–Crippen LogP) is 5.79. The quantitative estimate of drug-likeness (QED) is 0.529. The molecule has 3 aromatic carbocycles. The van der Waals surface area contributed by atoms with Gasteiger partial charge in [0.25, 0.3) is 0 Å². The Morgan fingerprint density at radius 1 is 0.962 bits per heavy atom. The number of ether oxygens (including phenoxy) is 2. The number of rotatable bonds is 7. The SMILES string of the molecule is COc1cccc(CNc2ccc(Br)cc2)c1OCc1ccc(F)cc1. The third kappa shape index (κ3) is 4.76. The van der Waals surface area contributed by atoms with Gasteiger partial charge in [-0.05, 0) is 48.0 Å². The van der Waals surface area contributed by atoms with E-state index in [1.165, 1.54) is 12.1 Å². The predicted molar refractivity (Wildman–Crippen MR) is 105 cm³/mol. The first-order chi connectivity index (χ1) is 12.7. The number of para-hydroxylation sites is 1. The second-order valence-electron chi connectivity index (χ2n) is 5.72. The van der Waals surface area contributed by atoms with Crippen LogP contribution in [0.15, 0.2) is 71.2 Å². The fraction of sp³-hybridized carbons (Fsp3) is 0.143. The third-order valence-corrected chi connectivity index (χ3v) is 4.43. The number of hydrogen-bond donors (Lipinski definition) is 1. The van der Waals surface area contributed by atoms with E-state index in [2.05, 4.69) is 21.2 Å². The first-order valence-electron chi connectivity index (χ1n) is 8.18. The molecule has 0 aromatic heterocycles. The van der Waals surface area contributed by atoms with E-state index in [0.29, 0.717) is 24.7 Å². The number of benzene rings is 3. The molecule has 0 aliphatic heterocycles. The summed E-state index contributed by atoms with van der Waals surface area (Å²) < 4.78 is 25.5. The van der Waals surface area contributed by atoms with Gasteiger partial charge in [0.2, 0.25) is 0 Å². The molecule has 3 aromatic rings. The van der Waals surface area contributed by atoms with E-state index in [4.69, 9.17) is 9.47 Å². The summed E-state index contributed by atoms with van der Waals surface area (Å²) in [5.74, 6) is 1.09. The molecule has 134 valence electrons. The lowest BCUT2D eigenvalue weighted by Gasteiger charge is -2.16. The highest BCUT2D eigenvalue weighted by Crippen LogP contribution is 2.32. The maximum Gasteiger partial charge on any atom is 0.166 e. The molecule has 26 heavy (non-hydrogen) atoms. The zero-order valence-corrected chi connectivity index (χ0v) is 15.9. The normalized spacial score (nSPS) is 10.4. The molecule has 1 N–H and O–H groups in total. The summed E-state index contributed by atoms with van der Waals surface area (Å²) in [7, 11) is 1.62.